The number of carbonyl (C=O) groups excluding carboxylic acids is 1. The van der Waals surface area contributed by atoms with Crippen LogP contribution in [0.15, 0.2) is 0 Å². The van der Waals surface area contributed by atoms with Gasteiger partial charge in [0.05, 0.1) is 6.10 Å². The van der Waals surface area contributed by atoms with Gasteiger partial charge in [-0.15, -0.1) is 0 Å². The summed E-state index contributed by atoms with van der Waals surface area (Å²) in [5, 5.41) is 9.71. The van der Waals surface area contributed by atoms with Gasteiger partial charge in [0.2, 0.25) is 0 Å². The van der Waals surface area contributed by atoms with Crippen molar-refractivity contribution in [3.05, 3.63) is 0 Å². The molecule has 2 atom stereocenters. The Morgan fingerprint density at radius 1 is 1.42 bits per heavy atom. The molecule has 19 heavy (non-hydrogen) atoms. The number of amides is 1. The molecule has 0 saturated carbocycles. The normalized spacial score (nSPS) is 21.1. The van der Waals surface area contributed by atoms with Crippen molar-refractivity contribution in [3.63, 3.8) is 0 Å². The van der Waals surface area contributed by atoms with Crippen LogP contribution in [0.2, 0.25) is 0 Å². The van der Waals surface area contributed by atoms with Gasteiger partial charge in [0.25, 0.3) is 0 Å². The van der Waals surface area contributed by atoms with Crippen molar-refractivity contribution in [3.8, 4) is 0 Å². The molecule has 5 heteroatoms. The van der Waals surface area contributed by atoms with Crippen LogP contribution in [0.3, 0.4) is 0 Å². The average molecular weight is 272 g/mol. The maximum atomic E-state index is 11.9. The second-order valence-electron chi connectivity index (χ2n) is 6.44. The molecular formula is C14H28N2O3. The first kappa shape index (κ1) is 16.2. The Bertz CT molecular complexity index is 292. The predicted octanol–water partition coefficient (Wildman–Crippen LogP) is 1.59. The first-order chi connectivity index (χ1) is 8.74. The number of nitrogens with zero attached hydrogens (tertiary/aromatic N) is 1. The Labute approximate surface area is 116 Å². The summed E-state index contributed by atoms with van der Waals surface area (Å²) in [6.07, 6.45) is 1.13. The zero-order chi connectivity index (χ0) is 14.6. The minimum atomic E-state index is -0.451. The Morgan fingerprint density at radius 3 is 2.32 bits per heavy atom. The van der Waals surface area contributed by atoms with Gasteiger partial charge in [-0.3, -0.25) is 0 Å². The Hall–Kier alpha value is -0.810. The van der Waals surface area contributed by atoms with Crippen LogP contribution in [0, 0.1) is 11.8 Å². The summed E-state index contributed by atoms with van der Waals surface area (Å²) in [5.74, 6) is 0.518. The van der Waals surface area contributed by atoms with Gasteiger partial charge in [0.1, 0.15) is 5.60 Å². The van der Waals surface area contributed by atoms with Crippen molar-refractivity contribution >= 4 is 6.09 Å². The highest BCUT2D eigenvalue weighted by molar-refractivity contribution is 5.68. The lowest BCUT2D eigenvalue weighted by molar-refractivity contribution is 0.0101. The van der Waals surface area contributed by atoms with E-state index < -0.39 is 5.60 Å². The van der Waals surface area contributed by atoms with E-state index in [1.165, 1.54) is 0 Å². The third kappa shape index (κ3) is 4.99. The molecule has 1 fully saturated rings. The minimum absolute atomic E-state index is 0.126. The van der Waals surface area contributed by atoms with E-state index >= 15 is 0 Å². The molecule has 3 N–H and O–H groups in total. The fourth-order valence-corrected chi connectivity index (χ4v) is 2.62. The van der Waals surface area contributed by atoms with Crippen LogP contribution in [-0.2, 0) is 4.74 Å². The number of piperidine rings is 1. The summed E-state index contributed by atoms with van der Waals surface area (Å²) >= 11 is 0. The number of hydrogen-bond donors (Lipinski definition) is 2. The van der Waals surface area contributed by atoms with Crippen LogP contribution in [0.4, 0.5) is 4.79 Å². The van der Waals surface area contributed by atoms with E-state index in [4.69, 9.17) is 10.5 Å². The zero-order valence-electron chi connectivity index (χ0n) is 12.6. The van der Waals surface area contributed by atoms with Gasteiger partial charge in [-0.05, 0) is 58.9 Å². The Kier molecular flexibility index (Phi) is 5.62. The van der Waals surface area contributed by atoms with E-state index in [-0.39, 0.29) is 18.1 Å². The first-order valence-electron chi connectivity index (χ1n) is 7.10. The zero-order valence-corrected chi connectivity index (χ0v) is 12.6. The molecule has 0 aromatic carbocycles. The average Bonchev–Trinajstić information content (AvgIpc) is 2.28. The van der Waals surface area contributed by atoms with Gasteiger partial charge >= 0.3 is 6.09 Å². The molecule has 0 aromatic rings. The predicted molar refractivity (Wildman–Crippen MR) is 74.8 cm³/mol. The van der Waals surface area contributed by atoms with Crippen molar-refractivity contribution in [2.24, 2.45) is 17.6 Å². The van der Waals surface area contributed by atoms with Crippen LogP contribution in [0.5, 0.6) is 0 Å². The molecule has 0 aromatic heterocycles. The number of aliphatic hydroxyl groups excluding tert-OH is 1. The maximum Gasteiger partial charge on any atom is 0.410 e. The maximum absolute atomic E-state index is 11.9. The van der Waals surface area contributed by atoms with E-state index in [0.717, 1.165) is 12.8 Å². The second kappa shape index (κ2) is 6.57. The highest BCUT2D eigenvalue weighted by atomic mass is 16.6. The van der Waals surface area contributed by atoms with Crippen LogP contribution in [0.1, 0.15) is 40.5 Å². The third-order valence-corrected chi connectivity index (χ3v) is 3.69. The lowest BCUT2D eigenvalue weighted by atomic mass is 9.81. The van der Waals surface area contributed by atoms with Crippen LogP contribution < -0.4 is 5.73 Å². The van der Waals surface area contributed by atoms with Gasteiger partial charge in [-0.25, -0.2) is 4.79 Å². The molecule has 0 bridgehead atoms. The topological polar surface area (TPSA) is 75.8 Å². The van der Waals surface area contributed by atoms with E-state index in [2.05, 4.69) is 0 Å². The molecule has 112 valence electrons. The fraction of sp³-hybridized carbons (Fsp3) is 0.929. The van der Waals surface area contributed by atoms with Gasteiger partial charge in [0.15, 0.2) is 0 Å². The van der Waals surface area contributed by atoms with Gasteiger partial charge in [-0.1, -0.05) is 0 Å². The number of carbonyl (C=O) groups is 1. The molecule has 0 spiro atoms. The lowest BCUT2D eigenvalue weighted by Gasteiger charge is -2.37. The van der Waals surface area contributed by atoms with Crippen molar-refractivity contribution in [1.29, 1.82) is 0 Å². The number of ether oxygens (including phenoxy) is 1. The summed E-state index contributed by atoms with van der Waals surface area (Å²) in [7, 11) is 0. The summed E-state index contributed by atoms with van der Waals surface area (Å²) < 4.78 is 5.36. The molecule has 1 saturated heterocycles. The third-order valence-electron chi connectivity index (χ3n) is 3.69. The van der Waals surface area contributed by atoms with Crippen molar-refractivity contribution in [2.75, 3.05) is 19.6 Å². The largest absolute Gasteiger partial charge is 0.444 e. The molecule has 1 rings (SSSR count). The molecular weight excluding hydrogens is 244 g/mol. The van der Waals surface area contributed by atoms with E-state index in [1.54, 1.807) is 11.8 Å². The fourth-order valence-electron chi connectivity index (χ4n) is 2.62. The van der Waals surface area contributed by atoms with E-state index in [1.807, 2.05) is 20.8 Å². The summed E-state index contributed by atoms with van der Waals surface area (Å²) in [4.78, 5) is 13.7. The number of nitrogens with two attached hydrogens (primary N) is 1. The molecule has 5 nitrogen and oxygen atoms in total. The molecule has 1 heterocycles. The Morgan fingerprint density at radius 2 is 1.95 bits per heavy atom. The highest BCUT2D eigenvalue weighted by Gasteiger charge is 2.31. The van der Waals surface area contributed by atoms with Crippen LogP contribution >= 0.6 is 0 Å². The quantitative estimate of drug-likeness (QED) is 0.818. The summed E-state index contributed by atoms with van der Waals surface area (Å²) in [5.41, 5.74) is 5.27. The minimum Gasteiger partial charge on any atom is -0.444 e. The molecule has 2 unspecified atom stereocenters. The van der Waals surface area contributed by atoms with E-state index in [0.29, 0.717) is 25.6 Å². The molecule has 1 aliphatic rings. The molecule has 0 aliphatic carbocycles. The number of hydrogen-bond acceptors (Lipinski definition) is 4. The standard InChI is InChI=1S/C14H28N2O3/c1-10(17)12(9-15)11-5-7-16(8-6-11)13(18)19-14(2,3)4/h10-12,17H,5-9,15H2,1-4H3. The van der Waals surface area contributed by atoms with Crippen LogP contribution in [0.25, 0.3) is 0 Å². The number of aliphatic hydroxyl groups is 1. The monoisotopic (exact) mass is 272 g/mol. The van der Waals surface area contributed by atoms with Gasteiger partial charge < -0.3 is 20.5 Å². The van der Waals surface area contributed by atoms with Crippen molar-refractivity contribution in [1.82, 2.24) is 4.90 Å². The SMILES string of the molecule is CC(O)C(CN)C1CCN(C(=O)OC(C)(C)C)CC1. The number of likely N-dealkylation sites (tertiary alicyclic amines) is 1. The highest BCUT2D eigenvalue weighted by Crippen LogP contribution is 2.27. The molecule has 1 aliphatic heterocycles. The van der Waals surface area contributed by atoms with Crippen molar-refractivity contribution < 1.29 is 14.6 Å². The van der Waals surface area contributed by atoms with Crippen LogP contribution in [-0.4, -0.2) is 47.4 Å². The van der Waals surface area contributed by atoms with Gasteiger partial charge in [0, 0.05) is 13.1 Å². The second-order valence-corrected chi connectivity index (χ2v) is 6.44. The van der Waals surface area contributed by atoms with E-state index in [9.17, 15) is 9.90 Å². The number of rotatable bonds is 3. The van der Waals surface area contributed by atoms with Gasteiger partial charge in [-0.2, -0.15) is 0 Å². The smallest absolute Gasteiger partial charge is 0.410 e. The molecule has 0 radical (unpaired) electrons. The lowest BCUT2D eigenvalue weighted by Crippen LogP contribution is -2.45. The first-order valence-corrected chi connectivity index (χ1v) is 7.10. The Balaban J connectivity index is 2.46. The summed E-state index contributed by atoms with van der Waals surface area (Å²) in [6, 6.07) is 0. The summed E-state index contributed by atoms with van der Waals surface area (Å²) in [6.45, 7) is 9.26. The molecule has 1 amide bonds. The van der Waals surface area contributed by atoms with Crippen molar-refractivity contribution in [2.45, 2.75) is 52.2 Å².